The zero-order chi connectivity index (χ0) is 24.6. The van der Waals surface area contributed by atoms with E-state index in [1.54, 1.807) is 29.5 Å². The van der Waals surface area contributed by atoms with Crippen LogP contribution in [-0.4, -0.2) is 15.3 Å². The minimum absolute atomic E-state index is 0.0584. The van der Waals surface area contributed by atoms with Gasteiger partial charge in [0.15, 0.2) is 11.4 Å². The van der Waals surface area contributed by atoms with Crippen LogP contribution in [0.3, 0.4) is 0 Å². The first-order chi connectivity index (χ1) is 17.7. The zero-order valence-corrected chi connectivity index (χ0v) is 20.4. The Morgan fingerprint density at radius 1 is 0.972 bits per heavy atom. The third-order valence-corrected chi connectivity index (χ3v) is 8.24. The number of fused-ring (bicyclic) bond motifs is 2. The number of nitriles is 2. The quantitative estimate of drug-likeness (QED) is 0.226. The van der Waals surface area contributed by atoms with Crippen molar-refractivity contribution < 1.29 is 4.79 Å². The number of Topliss-reactive ketones (excluding diaryl/α,β-unsaturated/α-hetero) is 1. The first-order valence-corrected chi connectivity index (χ1v) is 13.0. The van der Waals surface area contributed by atoms with Gasteiger partial charge in [-0.1, -0.05) is 61.7 Å². The van der Waals surface area contributed by atoms with Gasteiger partial charge in [-0.15, -0.1) is 11.3 Å². The lowest BCUT2D eigenvalue weighted by Crippen LogP contribution is -2.05. The molecule has 1 saturated carbocycles. The molecule has 0 N–H and O–H groups in total. The number of carbonyl (C=O) groups is 1. The minimum atomic E-state index is -0.177. The van der Waals surface area contributed by atoms with Crippen LogP contribution in [0.2, 0.25) is 0 Å². The first-order valence-electron chi connectivity index (χ1n) is 12.2. The molecule has 6 heteroatoms. The molecule has 2 aromatic carbocycles. The van der Waals surface area contributed by atoms with E-state index < -0.39 is 0 Å². The Hall–Kier alpha value is -4.26. The molecule has 0 aliphatic heterocycles. The predicted molar refractivity (Wildman–Crippen MR) is 142 cm³/mol. The number of para-hydroxylation sites is 1. The maximum Gasteiger partial charge on any atom is 0.194 e. The number of nitrogens with zero attached hydrogens (tertiary/aromatic N) is 4. The highest BCUT2D eigenvalue weighted by Crippen LogP contribution is 2.42. The van der Waals surface area contributed by atoms with Crippen LogP contribution in [-0.2, 0) is 0 Å². The second-order valence-electron chi connectivity index (χ2n) is 9.22. The number of rotatable bonds is 3. The van der Waals surface area contributed by atoms with Gasteiger partial charge in [0.25, 0.3) is 0 Å². The van der Waals surface area contributed by atoms with Crippen LogP contribution in [0, 0.1) is 22.7 Å². The monoisotopic (exact) mass is 486 g/mol. The molecule has 0 amide bonds. The van der Waals surface area contributed by atoms with Crippen LogP contribution < -0.4 is 0 Å². The van der Waals surface area contributed by atoms with Crippen molar-refractivity contribution in [3.05, 3.63) is 93.6 Å². The van der Waals surface area contributed by atoms with E-state index in [0.29, 0.717) is 28.2 Å². The van der Waals surface area contributed by atoms with Gasteiger partial charge in [0.05, 0.1) is 9.71 Å². The molecule has 0 radical (unpaired) electrons. The topological polar surface area (TPSA) is 82.5 Å². The van der Waals surface area contributed by atoms with Gasteiger partial charge in [-0.2, -0.15) is 10.5 Å². The molecule has 174 valence electrons. The third kappa shape index (κ3) is 3.59. The van der Waals surface area contributed by atoms with E-state index in [1.165, 1.54) is 37.1 Å². The molecule has 2 aromatic heterocycles. The summed E-state index contributed by atoms with van der Waals surface area (Å²) in [4.78, 5) is 18.6. The summed E-state index contributed by atoms with van der Waals surface area (Å²) in [6, 6.07) is 23.2. The molecule has 2 aliphatic carbocycles. The van der Waals surface area contributed by atoms with Gasteiger partial charge >= 0.3 is 0 Å². The molecule has 0 saturated heterocycles. The highest BCUT2D eigenvalue weighted by atomic mass is 32.1. The van der Waals surface area contributed by atoms with Crippen molar-refractivity contribution in [2.24, 2.45) is 0 Å². The molecule has 0 spiro atoms. The summed E-state index contributed by atoms with van der Waals surface area (Å²) in [5, 5.41) is 20.5. The molecule has 6 rings (SSSR count). The van der Waals surface area contributed by atoms with E-state index in [9.17, 15) is 15.3 Å². The van der Waals surface area contributed by atoms with Crippen molar-refractivity contribution >= 4 is 39.1 Å². The maximum absolute atomic E-state index is 13.5. The Labute approximate surface area is 213 Å². The molecule has 4 aromatic rings. The Bertz CT molecular complexity index is 1630. The van der Waals surface area contributed by atoms with Gasteiger partial charge in [0, 0.05) is 34.0 Å². The van der Waals surface area contributed by atoms with Crippen molar-refractivity contribution in [3.63, 3.8) is 0 Å². The van der Waals surface area contributed by atoms with E-state index in [0.717, 1.165) is 21.7 Å². The molecular weight excluding hydrogens is 464 g/mol. The highest BCUT2D eigenvalue weighted by Gasteiger charge is 2.33. The summed E-state index contributed by atoms with van der Waals surface area (Å²) in [6.45, 7) is 0. The molecule has 5 nitrogen and oxygen atoms in total. The van der Waals surface area contributed by atoms with E-state index in [2.05, 4.69) is 10.6 Å². The van der Waals surface area contributed by atoms with Crippen LogP contribution in [0.5, 0.6) is 0 Å². The Balaban J connectivity index is 1.57. The lowest BCUT2D eigenvalue weighted by Gasteiger charge is -2.19. The summed E-state index contributed by atoms with van der Waals surface area (Å²) >= 11 is 1.73. The van der Waals surface area contributed by atoms with Crippen molar-refractivity contribution in [3.8, 4) is 17.8 Å². The number of aromatic nitrogens is 2. The Kier molecular flexibility index (Phi) is 5.60. The second kappa shape index (κ2) is 9.07. The van der Waals surface area contributed by atoms with Gasteiger partial charge < -0.3 is 0 Å². The summed E-state index contributed by atoms with van der Waals surface area (Å²) in [7, 11) is 0. The molecule has 0 atom stereocenters. The zero-order valence-electron chi connectivity index (χ0n) is 19.6. The lowest BCUT2D eigenvalue weighted by molar-refractivity contribution is 0.104. The Morgan fingerprint density at radius 2 is 1.67 bits per heavy atom. The molecule has 0 bridgehead atoms. The van der Waals surface area contributed by atoms with Gasteiger partial charge in [-0.05, 0) is 42.7 Å². The third-order valence-electron chi connectivity index (χ3n) is 7.09. The maximum atomic E-state index is 13.5. The predicted octanol–water partition coefficient (Wildman–Crippen LogP) is 7.22. The molecule has 2 aliphatic rings. The summed E-state index contributed by atoms with van der Waals surface area (Å²) in [5.74, 6) is 0.333. The number of thiazole rings is 1. The summed E-state index contributed by atoms with van der Waals surface area (Å²) in [5.41, 5.74) is 4.49. The van der Waals surface area contributed by atoms with E-state index >= 15 is 0 Å². The fourth-order valence-electron chi connectivity index (χ4n) is 5.39. The molecule has 0 unspecified atom stereocenters. The fourth-order valence-corrected chi connectivity index (χ4v) is 6.56. The van der Waals surface area contributed by atoms with Gasteiger partial charge in [-0.3, -0.25) is 9.36 Å². The average Bonchev–Trinajstić information content (AvgIpc) is 3.57. The van der Waals surface area contributed by atoms with E-state index in [4.69, 9.17) is 4.98 Å². The van der Waals surface area contributed by atoms with Crippen molar-refractivity contribution in [1.82, 2.24) is 9.55 Å². The molecular formula is C30H22N4OS. The standard InChI is InChI=1S/C30H22N4OS/c31-17-20(18-32)27-23-13-7-8-14-24(23)28(35)25(27)15-22-16-26-29(34(22)21-11-5-2-6-12-21)33-30(36-26)19-9-3-1-4-10-19/h2,5-8,11-16,19H,1,3-4,9-10H2/b25-15-. The lowest BCUT2D eigenvalue weighted by atomic mass is 9.90. The highest BCUT2D eigenvalue weighted by molar-refractivity contribution is 7.18. The SMILES string of the molecule is N#CC(C#N)=C1/C(=C/c2cc3sc(C4CCCCC4)nc3n2-c2ccccc2)C(=O)c2ccccc21. The van der Waals surface area contributed by atoms with Gasteiger partial charge in [0.2, 0.25) is 0 Å². The normalized spacial score (nSPS) is 16.8. The Morgan fingerprint density at radius 3 is 2.39 bits per heavy atom. The summed E-state index contributed by atoms with van der Waals surface area (Å²) < 4.78 is 3.15. The smallest absolute Gasteiger partial charge is 0.194 e. The average molecular weight is 487 g/mol. The number of benzene rings is 2. The van der Waals surface area contributed by atoms with Crippen LogP contribution in [0.4, 0.5) is 0 Å². The van der Waals surface area contributed by atoms with Gasteiger partial charge in [0.1, 0.15) is 17.7 Å². The largest absolute Gasteiger partial charge is 0.294 e. The number of carbonyl (C=O) groups excluding carboxylic acids is 1. The number of hydrogen-bond donors (Lipinski definition) is 0. The van der Waals surface area contributed by atoms with Crippen molar-refractivity contribution in [2.45, 2.75) is 38.0 Å². The van der Waals surface area contributed by atoms with Crippen molar-refractivity contribution in [1.29, 1.82) is 10.5 Å². The molecule has 36 heavy (non-hydrogen) atoms. The summed E-state index contributed by atoms with van der Waals surface area (Å²) in [6.07, 6.45) is 7.99. The fraction of sp³-hybridized carbons (Fsp3) is 0.200. The van der Waals surface area contributed by atoms with Crippen LogP contribution >= 0.6 is 11.3 Å². The first kappa shape index (κ1) is 22.2. The number of hydrogen-bond acceptors (Lipinski definition) is 5. The molecule has 2 heterocycles. The minimum Gasteiger partial charge on any atom is -0.294 e. The van der Waals surface area contributed by atoms with Crippen molar-refractivity contribution in [2.75, 3.05) is 0 Å². The van der Waals surface area contributed by atoms with Crippen LogP contribution in [0.1, 0.15) is 64.6 Å². The molecule has 1 fully saturated rings. The van der Waals surface area contributed by atoms with E-state index in [1.807, 2.05) is 54.6 Å². The number of ketones is 1. The second-order valence-corrected chi connectivity index (χ2v) is 10.3. The van der Waals surface area contributed by atoms with Crippen LogP contribution in [0.15, 0.2) is 71.8 Å². The number of allylic oxidation sites excluding steroid dienone is 3. The van der Waals surface area contributed by atoms with Crippen LogP contribution in [0.25, 0.3) is 27.7 Å². The van der Waals surface area contributed by atoms with Gasteiger partial charge in [-0.25, -0.2) is 4.98 Å². The van der Waals surface area contributed by atoms with E-state index in [-0.39, 0.29) is 11.4 Å².